The van der Waals surface area contributed by atoms with Gasteiger partial charge in [-0.15, -0.1) is 0 Å². The topological polar surface area (TPSA) is 77.1 Å². The van der Waals surface area contributed by atoms with Gasteiger partial charge in [-0.05, 0) is 23.8 Å². The second kappa shape index (κ2) is 7.01. The van der Waals surface area contributed by atoms with E-state index in [1.807, 2.05) is 24.3 Å². The molecule has 0 unspecified atom stereocenters. The summed E-state index contributed by atoms with van der Waals surface area (Å²) in [7, 11) is 3.09. The predicted molar refractivity (Wildman–Crippen MR) is 105 cm³/mol. The number of hydrogen-bond donors (Lipinski definition) is 1. The second-order valence-corrected chi connectivity index (χ2v) is 7.47. The van der Waals surface area contributed by atoms with Crippen LogP contribution in [0.3, 0.4) is 0 Å². The SMILES string of the molecule is COc1cc(Br)c(CN2C(=O)N[C@@]3(CCOc4ccccc43)C2=O)cc1OC. The number of carbonyl (C=O) groups is 2. The number of hydrogen-bond acceptors (Lipinski definition) is 5. The number of nitrogens with one attached hydrogen (secondary N) is 1. The molecule has 8 heteroatoms. The molecule has 3 amide bonds. The minimum atomic E-state index is -1.09. The molecule has 0 aromatic heterocycles. The first-order valence-corrected chi connectivity index (χ1v) is 9.56. The van der Waals surface area contributed by atoms with Crippen molar-refractivity contribution in [2.24, 2.45) is 0 Å². The molecule has 0 saturated carbocycles. The average molecular weight is 447 g/mol. The fourth-order valence-electron chi connectivity index (χ4n) is 3.70. The fraction of sp³-hybridized carbons (Fsp3) is 0.300. The van der Waals surface area contributed by atoms with Crippen LogP contribution in [0.25, 0.3) is 0 Å². The zero-order chi connectivity index (χ0) is 19.9. The number of urea groups is 1. The minimum absolute atomic E-state index is 0.108. The van der Waals surface area contributed by atoms with E-state index in [0.29, 0.717) is 35.8 Å². The van der Waals surface area contributed by atoms with Gasteiger partial charge in [0.1, 0.15) is 5.75 Å². The molecule has 2 aromatic carbocycles. The molecule has 1 atom stereocenters. The lowest BCUT2D eigenvalue weighted by Gasteiger charge is -2.33. The highest BCUT2D eigenvalue weighted by Crippen LogP contribution is 2.42. The van der Waals surface area contributed by atoms with E-state index in [1.165, 1.54) is 12.0 Å². The Balaban J connectivity index is 1.69. The molecule has 4 rings (SSSR count). The zero-order valence-electron chi connectivity index (χ0n) is 15.5. The second-order valence-electron chi connectivity index (χ2n) is 6.62. The van der Waals surface area contributed by atoms with Crippen LogP contribution >= 0.6 is 15.9 Å². The number of amides is 3. The van der Waals surface area contributed by atoms with Gasteiger partial charge in [-0.3, -0.25) is 9.69 Å². The molecule has 146 valence electrons. The Labute approximate surface area is 170 Å². The number of carbonyl (C=O) groups excluding carboxylic acids is 2. The van der Waals surface area contributed by atoms with Gasteiger partial charge < -0.3 is 19.5 Å². The van der Waals surface area contributed by atoms with E-state index in [4.69, 9.17) is 14.2 Å². The first-order valence-electron chi connectivity index (χ1n) is 8.77. The van der Waals surface area contributed by atoms with Crippen molar-refractivity contribution < 1.29 is 23.8 Å². The van der Waals surface area contributed by atoms with Gasteiger partial charge in [-0.1, -0.05) is 34.1 Å². The Morgan fingerprint density at radius 2 is 1.89 bits per heavy atom. The summed E-state index contributed by atoms with van der Waals surface area (Å²) in [6.45, 7) is 0.466. The zero-order valence-corrected chi connectivity index (χ0v) is 17.0. The molecule has 0 aliphatic carbocycles. The van der Waals surface area contributed by atoms with Gasteiger partial charge >= 0.3 is 6.03 Å². The number of fused-ring (bicyclic) bond motifs is 2. The summed E-state index contributed by atoms with van der Waals surface area (Å²) in [5.41, 5.74) is 0.335. The van der Waals surface area contributed by atoms with Crippen LogP contribution in [0.5, 0.6) is 17.2 Å². The van der Waals surface area contributed by atoms with Gasteiger partial charge in [0, 0.05) is 16.5 Å². The largest absolute Gasteiger partial charge is 0.493 e. The van der Waals surface area contributed by atoms with Crippen molar-refractivity contribution in [2.75, 3.05) is 20.8 Å². The highest BCUT2D eigenvalue weighted by Gasteiger charge is 2.54. The van der Waals surface area contributed by atoms with E-state index in [-0.39, 0.29) is 12.5 Å². The summed E-state index contributed by atoms with van der Waals surface area (Å²) < 4.78 is 17.0. The maximum absolute atomic E-state index is 13.4. The maximum Gasteiger partial charge on any atom is 0.325 e. The Morgan fingerprint density at radius 3 is 2.64 bits per heavy atom. The van der Waals surface area contributed by atoms with Crippen LogP contribution in [0, 0.1) is 0 Å². The summed E-state index contributed by atoms with van der Waals surface area (Å²) >= 11 is 3.49. The van der Waals surface area contributed by atoms with E-state index >= 15 is 0 Å². The van der Waals surface area contributed by atoms with Gasteiger partial charge in [0.05, 0.1) is 27.4 Å². The lowest BCUT2D eigenvalue weighted by atomic mass is 9.84. The van der Waals surface area contributed by atoms with Crippen LogP contribution in [-0.4, -0.2) is 37.7 Å². The van der Waals surface area contributed by atoms with Gasteiger partial charge in [0.2, 0.25) is 0 Å². The molecule has 1 spiro atoms. The van der Waals surface area contributed by atoms with E-state index in [0.717, 1.165) is 10.0 Å². The van der Waals surface area contributed by atoms with Gasteiger partial charge in [0.15, 0.2) is 17.0 Å². The summed E-state index contributed by atoms with van der Waals surface area (Å²) in [5.74, 6) is 1.43. The molecule has 2 heterocycles. The molecule has 0 radical (unpaired) electrons. The average Bonchev–Trinajstić information content (AvgIpc) is 2.94. The van der Waals surface area contributed by atoms with Gasteiger partial charge in [-0.25, -0.2) is 4.79 Å². The van der Waals surface area contributed by atoms with Crippen molar-refractivity contribution in [1.29, 1.82) is 0 Å². The summed E-state index contributed by atoms with van der Waals surface area (Å²) in [4.78, 5) is 27.3. The first-order chi connectivity index (χ1) is 13.5. The molecular weight excluding hydrogens is 428 g/mol. The normalized spacial score (nSPS) is 20.6. The molecule has 2 aliphatic heterocycles. The van der Waals surface area contributed by atoms with Crippen LogP contribution in [0.15, 0.2) is 40.9 Å². The van der Waals surface area contributed by atoms with Crippen molar-refractivity contribution in [3.8, 4) is 17.2 Å². The first kappa shape index (κ1) is 18.6. The standard InChI is InChI=1S/C20H19BrN2O5/c1-26-16-9-12(14(21)10-17(16)27-2)11-23-18(24)20(22-19(23)25)7-8-28-15-6-4-3-5-13(15)20/h3-6,9-10H,7-8,11H2,1-2H3,(H,22,25)/t20-/m1/s1. The Morgan fingerprint density at radius 1 is 1.18 bits per heavy atom. The van der Waals surface area contributed by atoms with Gasteiger partial charge in [0.25, 0.3) is 5.91 Å². The quantitative estimate of drug-likeness (QED) is 0.729. The van der Waals surface area contributed by atoms with Crippen LogP contribution in [0.4, 0.5) is 4.79 Å². The van der Waals surface area contributed by atoms with Crippen LogP contribution in [0.1, 0.15) is 17.5 Å². The Hall–Kier alpha value is -2.74. The fourth-order valence-corrected chi connectivity index (χ4v) is 4.15. The molecule has 7 nitrogen and oxygen atoms in total. The third-order valence-electron chi connectivity index (χ3n) is 5.14. The number of rotatable bonds is 4. The number of methoxy groups -OCH3 is 2. The number of para-hydroxylation sites is 1. The number of halogens is 1. The van der Waals surface area contributed by atoms with Crippen molar-refractivity contribution in [1.82, 2.24) is 10.2 Å². The summed E-state index contributed by atoms with van der Waals surface area (Å²) in [6, 6.07) is 10.4. The number of benzene rings is 2. The van der Waals surface area contributed by atoms with Gasteiger partial charge in [-0.2, -0.15) is 0 Å². The van der Waals surface area contributed by atoms with Crippen LogP contribution in [-0.2, 0) is 16.9 Å². The monoisotopic (exact) mass is 446 g/mol. The van der Waals surface area contributed by atoms with E-state index < -0.39 is 11.6 Å². The highest BCUT2D eigenvalue weighted by atomic mass is 79.9. The molecular formula is C20H19BrN2O5. The number of nitrogens with zero attached hydrogens (tertiary/aromatic N) is 1. The van der Waals surface area contributed by atoms with Crippen molar-refractivity contribution in [2.45, 2.75) is 18.5 Å². The Kier molecular flexibility index (Phi) is 4.66. The van der Waals surface area contributed by atoms with Crippen LogP contribution in [0.2, 0.25) is 0 Å². The lowest BCUT2D eigenvalue weighted by Crippen LogP contribution is -2.47. The predicted octanol–water partition coefficient (Wildman–Crippen LogP) is 3.20. The molecule has 2 aromatic rings. The van der Waals surface area contributed by atoms with Crippen molar-refractivity contribution in [3.05, 3.63) is 52.0 Å². The van der Waals surface area contributed by atoms with Crippen molar-refractivity contribution in [3.63, 3.8) is 0 Å². The molecule has 2 aliphatic rings. The maximum atomic E-state index is 13.4. The number of ether oxygens (including phenoxy) is 3. The molecule has 1 saturated heterocycles. The molecule has 0 bridgehead atoms. The third-order valence-corrected chi connectivity index (χ3v) is 5.88. The smallest absolute Gasteiger partial charge is 0.325 e. The molecule has 1 N–H and O–H groups in total. The molecule has 1 fully saturated rings. The Bertz CT molecular complexity index is 964. The van der Waals surface area contributed by atoms with E-state index in [1.54, 1.807) is 19.2 Å². The third kappa shape index (κ3) is 2.79. The minimum Gasteiger partial charge on any atom is -0.493 e. The highest BCUT2D eigenvalue weighted by molar-refractivity contribution is 9.10. The van der Waals surface area contributed by atoms with Crippen molar-refractivity contribution >= 4 is 27.9 Å². The summed E-state index contributed by atoms with van der Waals surface area (Å²) in [5, 5.41) is 2.90. The lowest BCUT2D eigenvalue weighted by molar-refractivity contribution is -0.133. The van der Waals surface area contributed by atoms with Crippen LogP contribution < -0.4 is 19.5 Å². The number of imide groups is 1. The molecule has 28 heavy (non-hydrogen) atoms. The van der Waals surface area contributed by atoms with E-state index in [9.17, 15) is 9.59 Å². The summed E-state index contributed by atoms with van der Waals surface area (Å²) in [6.07, 6.45) is 0.387. The van der Waals surface area contributed by atoms with E-state index in [2.05, 4.69) is 21.2 Å².